The Kier molecular flexibility index (Phi) is 8.75. The zero-order chi connectivity index (χ0) is 13.2. The highest BCUT2D eigenvalue weighted by molar-refractivity contribution is 4.82. The van der Waals surface area contributed by atoms with Crippen LogP contribution in [0.1, 0.15) is 90.9 Å². The van der Waals surface area contributed by atoms with Gasteiger partial charge in [0.05, 0.1) is 0 Å². The van der Waals surface area contributed by atoms with E-state index in [4.69, 9.17) is 5.73 Å². The molecule has 2 N–H and O–H groups in total. The standard InChI is InChI=1S/C17H35N/c1-3-5-6-7-8-9-10-11-17(18)16-13-12-15(4-2)14-16/h15-17H,3-14,18H2,1-2H3. The maximum absolute atomic E-state index is 6.36. The van der Waals surface area contributed by atoms with Crippen LogP contribution in [0.15, 0.2) is 0 Å². The molecule has 1 fully saturated rings. The summed E-state index contributed by atoms with van der Waals surface area (Å²) < 4.78 is 0. The quantitative estimate of drug-likeness (QED) is 0.527. The van der Waals surface area contributed by atoms with E-state index < -0.39 is 0 Å². The molecule has 3 unspecified atom stereocenters. The van der Waals surface area contributed by atoms with Crippen LogP contribution in [0.2, 0.25) is 0 Å². The van der Waals surface area contributed by atoms with Crippen LogP contribution in [-0.2, 0) is 0 Å². The minimum atomic E-state index is 0.497. The Balaban J connectivity index is 1.95. The fraction of sp³-hybridized carbons (Fsp3) is 1.00. The van der Waals surface area contributed by atoms with Gasteiger partial charge in [-0.15, -0.1) is 0 Å². The topological polar surface area (TPSA) is 26.0 Å². The van der Waals surface area contributed by atoms with Crippen molar-refractivity contribution in [1.29, 1.82) is 0 Å². The molecular weight excluding hydrogens is 218 g/mol. The van der Waals surface area contributed by atoms with E-state index in [0.717, 1.165) is 11.8 Å². The highest BCUT2D eigenvalue weighted by Gasteiger charge is 2.27. The molecule has 0 aromatic heterocycles. The van der Waals surface area contributed by atoms with Crippen molar-refractivity contribution >= 4 is 0 Å². The molecule has 1 aliphatic rings. The summed E-state index contributed by atoms with van der Waals surface area (Å²) in [4.78, 5) is 0. The van der Waals surface area contributed by atoms with Crippen LogP contribution in [0.4, 0.5) is 0 Å². The highest BCUT2D eigenvalue weighted by Crippen LogP contribution is 2.35. The van der Waals surface area contributed by atoms with E-state index in [9.17, 15) is 0 Å². The lowest BCUT2D eigenvalue weighted by Crippen LogP contribution is -2.28. The SMILES string of the molecule is CCCCCCCCCC(N)C1CCC(CC)C1. The van der Waals surface area contributed by atoms with E-state index in [1.807, 2.05) is 0 Å². The molecule has 0 aromatic rings. The van der Waals surface area contributed by atoms with Crippen molar-refractivity contribution in [2.75, 3.05) is 0 Å². The minimum Gasteiger partial charge on any atom is -0.327 e. The average Bonchev–Trinajstić information content (AvgIpc) is 2.86. The Morgan fingerprint density at radius 2 is 1.61 bits per heavy atom. The van der Waals surface area contributed by atoms with Gasteiger partial charge in [0.2, 0.25) is 0 Å². The maximum atomic E-state index is 6.36. The Bertz CT molecular complexity index is 190. The summed E-state index contributed by atoms with van der Waals surface area (Å²) in [6.45, 7) is 4.61. The molecule has 1 rings (SSSR count). The maximum Gasteiger partial charge on any atom is 0.00672 e. The van der Waals surface area contributed by atoms with Crippen molar-refractivity contribution in [3.05, 3.63) is 0 Å². The molecule has 0 radical (unpaired) electrons. The molecule has 1 nitrogen and oxygen atoms in total. The second kappa shape index (κ2) is 9.83. The van der Waals surface area contributed by atoms with Gasteiger partial charge in [-0.1, -0.05) is 71.6 Å². The van der Waals surface area contributed by atoms with Gasteiger partial charge in [-0.3, -0.25) is 0 Å². The smallest absolute Gasteiger partial charge is 0.00672 e. The Hall–Kier alpha value is -0.0400. The molecule has 1 saturated carbocycles. The summed E-state index contributed by atoms with van der Waals surface area (Å²) in [5.41, 5.74) is 6.36. The molecule has 3 atom stereocenters. The van der Waals surface area contributed by atoms with Crippen molar-refractivity contribution in [3.63, 3.8) is 0 Å². The first-order valence-corrected chi connectivity index (χ1v) is 8.53. The zero-order valence-electron chi connectivity index (χ0n) is 12.8. The van der Waals surface area contributed by atoms with Gasteiger partial charge in [-0.25, -0.2) is 0 Å². The first-order valence-electron chi connectivity index (χ1n) is 8.53. The predicted molar refractivity (Wildman–Crippen MR) is 81.7 cm³/mol. The first kappa shape index (κ1) is 16.0. The molecule has 18 heavy (non-hydrogen) atoms. The van der Waals surface area contributed by atoms with Gasteiger partial charge >= 0.3 is 0 Å². The van der Waals surface area contributed by atoms with Crippen molar-refractivity contribution < 1.29 is 0 Å². The lowest BCUT2D eigenvalue weighted by molar-refractivity contribution is 0.378. The summed E-state index contributed by atoms with van der Waals surface area (Å²) in [6.07, 6.45) is 16.7. The van der Waals surface area contributed by atoms with Crippen LogP contribution < -0.4 is 5.73 Å². The zero-order valence-corrected chi connectivity index (χ0v) is 12.8. The largest absolute Gasteiger partial charge is 0.327 e. The van der Waals surface area contributed by atoms with Gasteiger partial charge < -0.3 is 5.73 Å². The Morgan fingerprint density at radius 1 is 0.944 bits per heavy atom. The number of hydrogen-bond acceptors (Lipinski definition) is 1. The third-order valence-corrected chi connectivity index (χ3v) is 4.91. The number of hydrogen-bond donors (Lipinski definition) is 1. The highest BCUT2D eigenvalue weighted by atomic mass is 14.7. The van der Waals surface area contributed by atoms with E-state index >= 15 is 0 Å². The van der Waals surface area contributed by atoms with E-state index in [1.165, 1.54) is 77.0 Å². The lowest BCUT2D eigenvalue weighted by atomic mass is 9.92. The fourth-order valence-corrected chi connectivity index (χ4v) is 3.45. The Labute approximate surface area is 115 Å². The van der Waals surface area contributed by atoms with E-state index in [0.29, 0.717) is 6.04 Å². The second-order valence-corrected chi connectivity index (χ2v) is 6.42. The van der Waals surface area contributed by atoms with Crippen LogP contribution in [0.25, 0.3) is 0 Å². The lowest BCUT2D eigenvalue weighted by Gasteiger charge is -2.19. The summed E-state index contributed by atoms with van der Waals surface area (Å²) in [5.74, 6) is 1.82. The van der Waals surface area contributed by atoms with Gasteiger partial charge in [-0.2, -0.15) is 0 Å². The fourth-order valence-electron chi connectivity index (χ4n) is 3.45. The molecular formula is C17H35N. The minimum absolute atomic E-state index is 0.497. The summed E-state index contributed by atoms with van der Waals surface area (Å²) in [5, 5.41) is 0. The van der Waals surface area contributed by atoms with Gasteiger partial charge in [0, 0.05) is 6.04 Å². The third-order valence-electron chi connectivity index (χ3n) is 4.91. The molecule has 1 aliphatic carbocycles. The van der Waals surface area contributed by atoms with E-state index in [1.54, 1.807) is 0 Å². The van der Waals surface area contributed by atoms with Crippen molar-refractivity contribution in [2.45, 2.75) is 96.9 Å². The van der Waals surface area contributed by atoms with E-state index in [2.05, 4.69) is 13.8 Å². The average molecular weight is 253 g/mol. The van der Waals surface area contributed by atoms with Crippen LogP contribution in [0.3, 0.4) is 0 Å². The van der Waals surface area contributed by atoms with E-state index in [-0.39, 0.29) is 0 Å². The number of rotatable bonds is 10. The molecule has 0 saturated heterocycles. The Morgan fingerprint density at radius 3 is 2.22 bits per heavy atom. The monoisotopic (exact) mass is 253 g/mol. The van der Waals surface area contributed by atoms with Crippen LogP contribution in [0.5, 0.6) is 0 Å². The summed E-state index contributed by atoms with van der Waals surface area (Å²) in [7, 11) is 0. The van der Waals surface area contributed by atoms with Crippen LogP contribution in [0, 0.1) is 11.8 Å². The van der Waals surface area contributed by atoms with Gasteiger partial charge in [0.25, 0.3) is 0 Å². The molecule has 108 valence electrons. The molecule has 0 spiro atoms. The number of nitrogens with two attached hydrogens (primary N) is 1. The summed E-state index contributed by atoms with van der Waals surface area (Å²) in [6, 6.07) is 0.497. The molecule has 0 aliphatic heterocycles. The molecule has 0 heterocycles. The second-order valence-electron chi connectivity index (χ2n) is 6.42. The number of unbranched alkanes of at least 4 members (excludes halogenated alkanes) is 6. The molecule has 0 amide bonds. The normalized spacial score (nSPS) is 25.5. The van der Waals surface area contributed by atoms with Gasteiger partial charge in [0.15, 0.2) is 0 Å². The molecule has 1 heteroatoms. The van der Waals surface area contributed by atoms with Crippen LogP contribution >= 0.6 is 0 Å². The summed E-state index contributed by atoms with van der Waals surface area (Å²) >= 11 is 0. The predicted octanol–water partition coefficient (Wildman–Crippen LogP) is 5.28. The van der Waals surface area contributed by atoms with Crippen LogP contribution in [-0.4, -0.2) is 6.04 Å². The van der Waals surface area contributed by atoms with Crippen molar-refractivity contribution in [1.82, 2.24) is 0 Å². The molecule has 0 bridgehead atoms. The van der Waals surface area contributed by atoms with Gasteiger partial charge in [0.1, 0.15) is 0 Å². The van der Waals surface area contributed by atoms with Crippen molar-refractivity contribution in [3.8, 4) is 0 Å². The molecule has 0 aromatic carbocycles. The first-order chi connectivity index (χ1) is 8.77. The third kappa shape index (κ3) is 6.22. The van der Waals surface area contributed by atoms with Crippen molar-refractivity contribution in [2.24, 2.45) is 17.6 Å². The van der Waals surface area contributed by atoms with Gasteiger partial charge in [-0.05, 0) is 31.1 Å².